The van der Waals surface area contributed by atoms with Gasteiger partial charge in [0.25, 0.3) is 0 Å². The Kier molecular flexibility index (Phi) is 3.54. The molecular formula is C13H12F2N4OS. The first-order chi connectivity index (χ1) is 10.1. The fourth-order valence-electron chi connectivity index (χ4n) is 2.29. The summed E-state index contributed by atoms with van der Waals surface area (Å²) in [6.45, 7) is 2.01. The van der Waals surface area contributed by atoms with Gasteiger partial charge in [-0.3, -0.25) is 4.79 Å². The number of rotatable bonds is 3. The van der Waals surface area contributed by atoms with Crippen LogP contribution in [0.1, 0.15) is 12.2 Å². The second-order valence-electron chi connectivity index (χ2n) is 4.69. The van der Waals surface area contributed by atoms with Crippen LogP contribution in [-0.4, -0.2) is 27.9 Å². The van der Waals surface area contributed by atoms with Crippen molar-refractivity contribution in [2.45, 2.75) is 19.4 Å². The summed E-state index contributed by atoms with van der Waals surface area (Å²) in [4.78, 5) is 17.6. The van der Waals surface area contributed by atoms with Crippen molar-refractivity contribution in [3.05, 3.63) is 35.7 Å². The zero-order valence-corrected chi connectivity index (χ0v) is 12.0. The van der Waals surface area contributed by atoms with E-state index >= 15 is 0 Å². The summed E-state index contributed by atoms with van der Waals surface area (Å²) in [7, 11) is 0. The molecule has 1 atom stereocenters. The highest BCUT2D eigenvalue weighted by Crippen LogP contribution is 2.28. The van der Waals surface area contributed by atoms with Crippen LogP contribution in [0.25, 0.3) is 0 Å². The summed E-state index contributed by atoms with van der Waals surface area (Å²) in [6, 6.07) is 3.01. The third-order valence-corrected chi connectivity index (χ3v) is 3.98. The molecule has 0 saturated carbocycles. The molecule has 1 fully saturated rings. The minimum atomic E-state index is -0.740. The van der Waals surface area contributed by atoms with Crippen LogP contribution in [0.2, 0.25) is 0 Å². The molecule has 1 aliphatic heterocycles. The van der Waals surface area contributed by atoms with E-state index in [0.717, 1.165) is 28.6 Å². The van der Waals surface area contributed by atoms with Crippen molar-refractivity contribution in [1.29, 1.82) is 0 Å². The second kappa shape index (κ2) is 5.36. The molecule has 0 bridgehead atoms. The maximum absolute atomic E-state index is 13.8. The van der Waals surface area contributed by atoms with Crippen molar-refractivity contribution in [2.24, 2.45) is 0 Å². The van der Waals surface area contributed by atoms with Crippen molar-refractivity contribution < 1.29 is 13.6 Å². The number of halogens is 2. The fraction of sp³-hybridized carbons (Fsp3) is 0.308. The number of nitrogens with one attached hydrogen (secondary N) is 1. The number of hydrogen-bond donors (Lipinski definition) is 1. The summed E-state index contributed by atoms with van der Waals surface area (Å²) in [5.74, 6) is -1.23. The van der Waals surface area contributed by atoms with Crippen molar-refractivity contribution in [1.82, 2.24) is 9.36 Å². The minimum Gasteiger partial charge on any atom is -0.348 e. The van der Waals surface area contributed by atoms with Gasteiger partial charge in [0, 0.05) is 18.1 Å². The molecule has 21 heavy (non-hydrogen) atoms. The van der Waals surface area contributed by atoms with Crippen LogP contribution >= 0.6 is 11.5 Å². The molecule has 2 aromatic rings. The molecule has 1 N–H and O–H groups in total. The Morgan fingerprint density at radius 1 is 1.38 bits per heavy atom. The predicted molar refractivity (Wildman–Crippen MR) is 75.4 cm³/mol. The number of para-hydroxylation sites is 1. The lowest BCUT2D eigenvalue weighted by molar-refractivity contribution is -0.117. The number of aryl methyl sites for hydroxylation is 1. The van der Waals surface area contributed by atoms with Crippen LogP contribution in [0.4, 0.5) is 19.6 Å². The van der Waals surface area contributed by atoms with Crippen LogP contribution < -0.4 is 10.2 Å². The zero-order chi connectivity index (χ0) is 15.0. The highest BCUT2D eigenvalue weighted by atomic mass is 32.1. The highest BCUT2D eigenvalue weighted by Gasteiger charge is 2.35. The first-order valence-corrected chi connectivity index (χ1v) is 7.16. The molecule has 3 rings (SSSR count). The Bertz CT molecular complexity index is 670. The van der Waals surface area contributed by atoms with Crippen LogP contribution in [-0.2, 0) is 4.79 Å². The summed E-state index contributed by atoms with van der Waals surface area (Å²) >= 11 is 1.15. The Labute approximate surface area is 123 Å². The van der Waals surface area contributed by atoms with Crippen molar-refractivity contribution in [3.63, 3.8) is 0 Å². The Balaban J connectivity index is 1.80. The van der Waals surface area contributed by atoms with Crippen LogP contribution in [0.5, 0.6) is 0 Å². The van der Waals surface area contributed by atoms with Gasteiger partial charge in [0.1, 0.15) is 29.2 Å². The number of amides is 1. The molecule has 110 valence electrons. The number of nitrogens with zero attached hydrogens (tertiary/aromatic N) is 3. The van der Waals surface area contributed by atoms with Gasteiger partial charge < -0.3 is 10.2 Å². The Morgan fingerprint density at radius 3 is 2.71 bits per heavy atom. The molecule has 1 aromatic carbocycles. The molecule has 0 aliphatic carbocycles. The summed E-state index contributed by atoms with van der Waals surface area (Å²) in [5.41, 5.74) is -0.291. The molecule has 5 nitrogen and oxygen atoms in total. The van der Waals surface area contributed by atoms with E-state index in [0.29, 0.717) is 17.4 Å². The van der Waals surface area contributed by atoms with E-state index in [4.69, 9.17) is 0 Å². The molecule has 8 heteroatoms. The van der Waals surface area contributed by atoms with Gasteiger partial charge in [-0.25, -0.2) is 13.8 Å². The van der Waals surface area contributed by atoms with E-state index in [9.17, 15) is 13.6 Å². The zero-order valence-electron chi connectivity index (χ0n) is 11.1. The third kappa shape index (κ3) is 2.58. The molecule has 2 heterocycles. The Morgan fingerprint density at radius 2 is 2.10 bits per heavy atom. The summed E-state index contributed by atoms with van der Waals surface area (Å²) < 4.78 is 31.5. The molecule has 0 spiro atoms. The third-order valence-electron chi connectivity index (χ3n) is 3.24. The van der Waals surface area contributed by atoms with Crippen molar-refractivity contribution in [3.8, 4) is 0 Å². The monoisotopic (exact) mass is 310 g/mol. The highest BCUT2D eigenvalue weighted by molar-refractivity contribution is 7.09. The van der Waals surface area contributed by atoms with Gasteiger partial charge in [0.05, 0.1) is 0 Å². The van der Waals surface area contributed by atoms with Crippen LogP contribution in [0.3, 0.4) is 0 Å². The van der Waals surface area contributed by atoms with E-state index in [1.165, 1.54) is 6.07 Å². The number of anilines is 2. The lowest BCUT2D eigenvalue weighted by Crippen LogP contribution is -2.34. The normalized spacial score (nSPS) is 18.3. The number of hydrogen-bond acceptors (Lipinski definition) is 5. The van der Waals surface area contributed by atoms with Crippen molar-refractivity contribution >= 4 is 28.3 Å². The van der Waals surface area contributed by atoms with E-state index in [-0.39, 0.29) is 18.1 Å². The lowest BCUT2D eigenvalue weighted by atomic mass is 10.2. The van der Waals surface area contributed by atoms with Crippen LogP contribution in [0.15, 0.2) is 18.2 Å². The molecule has 1 aromatic heterocycles. The van der Waals surface area contributed by atoms with E-state index in [2.05, 4.69) is 14.7 Å². The van der Waals surface area contributed by atoms with Gasteiger partial charge in [-0.05, 0) is 25.5 Å². The molecule has 0 radical (unpaired) electrons. The maximum atomic E-state index is 13.8. The second-order valence-corrected chi connectivity index (χ2v) is 5.44. The van der Waals surface area contributed by atoms with E-state index < -0.39 is 17.7 Å². The maximum Gasteiger partial charge on any atom is 0.249 e. The van der Waals surface area contributed by atoms with Gasteiger partial charge >= 0.3 is 0 Å². The average Bonchev–Trinajstić information content (AvgIpc) is 2.99. The molecule has 1 amide bonds. The quantitative estimate of drug-likeness (QED) is 0.945. The first-order valence-electron chi connectivity index (χ1n) is 6.38. The topological polar surface area (TPSA) is 58.1 Å². The minimum absolute atomic E-state index is 0.256. The lowest BCUT2D eigenvalue weighted by Gasteiger charge is -2.18. The molecule has 1 unspecified atom stereocenters. The van der Waals surface area contributed by atoms with Gasteiger partial charge in [0.2, 0.25) is 11.0 Å². The SMILES string of the molecule is Cc1nsc(NC2CCN(c3c(F)cccc3F)C2=O)n1. The van der Waals surface area contributed by atoms with Gasteiger partial charge in [0.15, 0.2) is 0 Å². The van der Waals surface area contributed by atoms with E-state index in [1.54, 1.807) is 6.92 Å². The van der Waals surface area contributed by atoms with Crippen molar-refractivity contribution in [2.75, 3.05) is 16.8 Å². The number of carbonyl (C=O) groups is 1. The Hall–Kier alpha value is -2.09. The largest absolute Gasteiger partial charge is 0.348 e. The predicted octanol–water partition coefficient (Wildman–Crippen LogP) is 2.34. The van der Waals surface area contributed by atoms with Gasteiger partial charge in [-0.2, -0.15) is 4.37 Å². The van der Waals surface area contributed by atoms with Gasteiger partial charge in [-0.1, -0.05) is 6.07 Å². The summed E-state index contributed by atoms with van der Waals surface area (Å²) in [6.07, 6.45) is 0.450. The van der Waals surface area contributed by atoms with Gasteiger partial charge in [-0.15, -0.1) is 0 Å². The fourth-order valence-corrected chi connectivity index (χ4v) is 2.91. The van der Waals surface area contributed by atoms with E-state index in [1.807, 2.05) is 0 Å². The number of carbonyl (C=O) groups excluding carboxylic acids is 1. The standard InChI is InChI=1S/C13H12F2N4OS/c1-7-16-13(21-18-7)17-10-5-6-19(12(10)20)11-8(14)3-2-4-9(11)15/h2-4,10H,5-6H2,1H3,(H,16,17,18). The summed E-state index contributed by atoms with van der Waals surface area (Å²) in [5, 5.41) is 3.49. The molecule has 1 saturated heterocycles. The van der Waals surface area contributed by atoms with Crippen LogP contribution in [0, 0.1) is 18.6 Å². The smallest absolute Gasteiger partial charge is 0.249 e. The number of aromatic nitrogens is 2. The number of benzene rings is 1. The first kappa shape index (κ1) is 13.9. The average molecular weight is 310 g/mol. The molecule has 1 aliphatic rings. The molecular weight excluding hydrogens is 298 g/mol.